The van der Waals surface area contributed by atoms with E-state index in [-0.39, 0.29) is 12.4 Å². The lowest BCUT2D eigenvalue weighted by atomic mass is 10.1. The van der Waals surface area contributed by atoms with Gasteiger partial charge in [-0.25, -0.2) is 4.39 Å². The van der Waals surface area contributed by atoms with Crippen LogP contribution >= 0.6 is 0 Å². The predicted octanol–water partition coefficient (Wildman–Crippen LogP) is 1.03. The Kier molecular flexibility index (Phi) is 5.95. The van der Waals surface area contributed by atoms with E-state index in [0.717, 1.165) is 0 Å². The average molecular weight is 229 g/mol. The molecule has 0 fully saturated rings. The second-order valence-electron chi connectivity index (χ2n) is 3.26. The third-order valence-electron chi connectivity index (χ3n) is 2.02. The van der Waals surface area contributed by atoms with Gasteiger partial charge < -0.3 is 9.84 Å². The largest absolute Gasteiger partial charge is 0.387 e. The van der Waals surface area contributed by atoms with E-state index in [1.165, 1.54) is 24.3 Å². The summed E-state index contributed by atoms with van der Waals surface area (Å²) >= 11 is 0. The van der Waals surface area contributed by atoms with Crippen LogP contribution in [0.5, 0.6) is 0 Å². The van der Waals surface area contributed by atoms with Crippen LogP contribution in [0.2, 0.25) is 0 Å². The predicted molar refractivity (Wildman–Crippen MR) is 57.2 cm³/mol. The van der Waals surface area contributed by atoms with Crippen molar-refractivity contribution >= 4 is 0 Å². The molecule has 0 aliphatic heterocycles. The van der Waals surface area contributed by atoms with Crippen molar-refractivity contribution in [1.82, 2.24) is 5.48 Å². The lowest BCUT2D eigenvalue weighted by Gasteiger charge is -2.12. The Bertz CT molecular complexity index is 292. The minimum Gasteiger partial charge on any atom is -0.387 e. The van der Waals surface area contributed by atoms with Gasteiger partial charge in [-0.1, -0.05) is 12.1 Å². The van der Waals surface area contributed by atoms with E-state index in [1.807, 2.05) is 0 Å². The number of ether oxygens (including phenoxy) is 1. The van der Waals surface area contributed by atoms with Crippen molar-refractivity contribution in [3.63, 3.8) is 0 Å². The Labute approximate surface area is 93.9 Å². The minimum atomic E-state index is -0.719. The number of rotatable bonds is 7. The Hall–Kier alpha value is -1.01. The van der Waals surface area contributed by atoms with Crippen molar-refractivity contribution in [2.75, 3.05) is 26.9 Å². The lowest BCUT2D eigenvalue weighted by molar-refractivity contribution is -0.0112. The van der Waals surface area contributed by atoms with Gasteiger partial charge >= 0.3 is 0 Å². The molecule has 1 rings (SSSR count). The first kappa shape index (κ1) is 13.1. The Morgan fingerprint density at radius 3 is 2.62 bits per heavy atom. The van der Waals surface area contributed by atoms with Crippen LogP contribution in [-0.4, -0.2) is 32.0 Å². The number of nitrogens with one attached hydrogen (secondary N) is 1. The van der Waals surface area contributed by atoms with Crippen molar-refractivity contribution < 1.29 is 19.1 Å². The second kappa shape index (κ2) is 7.29. The Morgan fingerprint density at radius 2 is 2.00 bits per heavy atom. The van der Waals surface area contributed by atoms with Crippen LogP contribution in [0.4, 0.5) is 4.39 Å². The summed E-state index contributed by atoms with van der Waals surface area (Å²) in [6.45, 7) is 1.14. The highest BCUT2D eigenvalue weighted by Crippen LogP contribution is 2.12. The molecule has 0 spiro atoms. The lowest BCUT2D eigenvalue weighted by Crippen LogP contribution is -2.23. The van der Waals surface area contributed by atoms with Gasteiger partial charge in [0.15, 0.2) is 0 Å². The first-order valence-corrected chi connectivity index (χ1v) is 5.01. The average Bonchev–Trinajstić information content (AvgIpc) is 2.29. The molecule has 0 radical (unpaired) electrons. The molecular formula is C11H16FNO3. The van der Waals surface area contributed by atoms with Crippen LogP contribution in [0.3, 0.4) is 0 Å². The summed E-state index contributed by atoms with van der Waals surface area (Å²) < 4.78 is 17.4. The Morgan fingerprint density at radius 1 is 1.31 bits per heavy atom. The molecule has 0 heterocycles. The number of hydrogen-bond acceptors (Lipinski definition) is 4. The molecule has 0 aliphatic rings. The van der Waals surface area contributed by atoms with Crippen LogP contribution < -0.4 is 5.48 Å². The molecule has 0 aliphatic carbocycles. The molecule has 16 heavy (non-hydrogen) atoms. The van der Waals surface area contributed by atoms with Crippen LogP contribution in [0.1, 0.15) is 11.7 Å². The van der Waals surface area contributed by atoms with E-state index in [9.17, 15) is 9.50 Å². The summed E-state index contributed by atoms with van der Waals surface area (Å²) in [6.07, 6.45) is -0.719. The van der Waals surface area contributed by atoms with Gasteiger partial charge in [-0.2, -0.15) is 5.48 Å². The van der Waals surface area contributed by atoms with Crippen LogP contribution in [0.25, 0.3) is 0 Å². The zero-order valence-electron chi connectivity index (χ0n) is 9.15. The summed E-state index contributed by atoms with van der Waals surface area (Å²) in [7, 11) is 1.58. The number of halogens is 1. The standard InChI is InChI=1S/C11H16FNO3/c1-15-6-7-16-13-8-11(14)9-2-4-10(12)5-3-9/h2-5,11,13-14H,6-8H2,1H3. The maximum atomic E-state index is 12.6. The van der Waals surface area contributed by atoms with Gasteiger partial charge in [0.25, 0.3) is 0 Å². The van der Waals surface area contributed by atoms with E-state index in [4.69, 9.17) is 9.57 Å². The van der Waals surface area contributed by atoms with E-state index in [2.05, 4.69) is 5.48 Å². The van der Waals surface area contributed by atoms with Crippen molar-refractivity contribution in [2.24, 2.45) is 0 Å². The van der Waals surface area contributed by atoms with Gasteiger partial charge in [-0.05, 0) is 17.7 Å². The number of aliphatic hydroxyl groups is 1. The Balaban J connectivity index is 2.24. The zero-order valence-corrected chi connectivity index (χ0v) is 9.15. The molecule has 0 saturated carbocycles. The summed E-state index contributed by atoms with van der Waals surface area (Å²) in [5.74, 6) is -0.319. The quantitative estimate of drug-likeness (QED) is 0.541. The third kappa shape index (κ3) is 4.67. The van der Waals surface area contributed by atoms with E-state index in [0.29, 0.717) is 18.8 Å². The molecule has 0 bridgehead atoms. The third-order valence-corrected chi connectivity index (χ3v) is 2.02. The van der Waals surface area contributed by atoms with Gasteiger partial charge in [-0.15, -0.1) is 0 Å². The van der Waals surface area contributed by atoms with E-state index >= 15 is 0 Å². The monoisotopic (exact) mass is 229 g/mol. The smallest absolute Gasteiger partial charge is 0.123 e. The van der Waals surface area contributed by atoms with Crippen molar-refractivity contribution in [1.29, 1.82) is 0 Å². The first-order valence-electron chi connectivity index (χ1n) is 5.01. The molecule has 2 N–H and O–H groups in total. The fourth-order valence-corrected chi connectivity index (χ4v) is 1.14. The molecule has 0 saturated heterocycles. The molecule has 4 nitrogen and oxygen atoms in total. The van der Waals surface area contributed by atoms with Gasteiger partial charge in [0.2, 0.25) is 0 Å². The molecule has 1 aromatic carbocycles. The van der Waals surface area contributed by atoms with Gasteiger partial charge in [0.1, 0.15) is 5.82 Å². The normalized spacial score (nSPS) is 12.7. The molecule has 1 unspecified atom stereocenters. The highest BCUT2D eigenvalue weighted by molar-refractivity contribution is 5.18. The van der Waals surface area contributed by atoms with Crippen molar-refractivity contribution in [3.8, 4) is 0 Å². The van der Waals surface area contributed by atoms with Gasteiger partial charge in [-0.3, -0.25) is 4.84 Å². The maximum absolute atomic E-state index is 12.6. The second-order valence-corrected chi connectivity index (χ2v) is 3.26. The number of benzene rings is 1. The summed E-state index contributed by atoms with van der Waals surface area (Å²) in [4.78, 5) is 4.98. The van der Waals surface area contributed by atoms with Crippen molar-refractivity contribution in [2.45, 2.75) is 6.10 Å². The number of methoxy groups -OCH3 is 1. The summed E-state index contributed by atoms with van der Waals surface area (Å²) in [5.41, 5.74) is 3.25. The molecule has 5 heteroatoms. The molecule has 0 amide bonds. The molecule has 1 aromatic rings. The number of hydrogen-bond donors (Lipinski definition) is 2. The number of hydroxylamine groups is 1. The van der Waals surface area contributed by atoms with Gasteiger partial charge in [0.05, 0.1) is 25.9 Å². The summed E-state index contributed by atoms with van der Waals surface area (Å²) in [5, 5.41) is 9.67. The maximum Gasteiger partial charge on any atom is 0.123 e. The van der Waals surface area contributed by atoms with Gasteiger partial charge in [0, 0.05) is 7.11 Å². The van der Waals surface area contributed by atoms with Crippen LogP contribution in [-0.2, 0) is 9.57 Å². The zero-order chi connectivity index (χ0) is 11.8. The van der Waals surface area contributed by atoms with Crippen LogP contribution in [0, 0.1) is 5.82 Å². The van der Waals surface area contributed by atoms with Crippen molar-refractivity contribution in [3.05, 3.63) is 35.6 Å². The fourth-order valence-electron chi connectivity index (χ4n) is 1.14. The highest BCUT2D eigenvalue weighted by atomic mass is 19.1. The SMILES string of the molecule is COCCONCC(O)c1ccc(F)cc1. The molecule has 0 aromatic heterocycles. The van der Waals surface area contributed by atoms with E-state index < -0.39 is 6.10 Å². The highest BCUT2D eigenvalue weighted by Gasteiger charge is 2.06. The fraction of sp³-hybridized carbons (Fsp3) is 0.455. The van der Waals surface area contributed by atoms with E-state index in [1.54, 1.807) is 7.11 Å². The first-order chi connectivity index (χ1) is 7.74. The molecular weight excluding hydrogens is 213 g/mol. The minimum absolute atomic E-state index is 0.245. The summed E-state index contributed by atoms with van der Waals surface area (Å²) in [6, 6.07) is 5.70. The molecule has 1 atom stereocenters. The number of aliphatic hydroxyl groups excluding tert-OH is 1. The topological polar surface area (TPSA) is 50.7 Å². The molecule has 90 valence electrons. The van der Waals surface area contributed by atoms with Crippen LogP contribution in [0.15, 0.2) is 24.3 Å².